The number of hydrogen-bond acceptors (Lipinski definition) is 5. The van der Waals surface area contributed by atoms with E-state index in [1.54, 1.807) is 37.3 Å². The Labute approximate surface area is 102 Å². The monoisotopic (exact) mass is 243 g/mol. The Kier molecular flexibility index (Phi) is 2.37. The zero-order valence-electron chi connectivity index (χ0n) is 9.54. The molecular formula is C13H9NO4. The number of rotatable bonds is 2. The van der Waals surface area contributed by atoms with Crippen LogP contribution in [0.4, 0.5) is 0 Å². The normalized spacial score (nSPS) is 10.7. The van der Waals surface area contributed by atoms with Crippen LogP contribution in [-0.4, -0.2) is 11.0 Å². The topological polar surface area (TPSA) is 65.5 Å². The average molecular weight is 243 g/mol. The SMILES string of the molecule is Cc1nc2cc(OC(=O)c3ccco3)ccc2o1. The molecule has 0 amide bonds. The van der Waals surface area contributed by atoms with Gasteiger partial charge in [0.15, 0.2) is 11.5 Å². The Bertz CT molecular complexity index is 697. The largest absolute Gasteiger partial charge is 0.457 e. The Morgan fingerprint density at radius 3 is 3.00 bits per heavy atom. The highest BCUT2D eigenvalue weighted by Crippen LogP contribution is 2.22. The molecule has 5 nitrogen and oxygen atoms in total. The molecule has 0 fully saturated rings. The van der Waals surface area contributed by atoms with E-state index < -0.39 is 5.97 Å². The fraction of sp³-hybridized carbons (Fsp3) is 0.0769. The summed E-state index contributed by atoms with van der Waals surface area (Å²) in [6, 6.07) is 8.17. The Hall–Kier alpha value is -2.56. The molecule has 0 spiro atoms. The third kappa shape index (κ3) is 1.86. The maximum atomic E-state index is 11.7. The molecule has 1 aromatic carbocycles. The minimum Gasteiger partial charge on any atom is -0.457 e. The van der Waals surface area contributed by atoms with Gasteiger partial charge in [-0.3, -0.25) is 0 Å². The molecular weight excluding hydrogens is 234 g/mol. The molecule has 5 heteroatoms. The van der Waals surface area contributed by atoms with Crippen LogP contribution in [0.3, 0.4) is 0 Å². The molecule has 0 aliphatic rings. The summed E-state index contributed by atoms with van der Waals surface area (Å²) >= 11 is 0. The first-order valence-corrected chi connectivity index (χ1v) is 5.35. The van der Waals surface area contributed by atoms with Crippen molar-refractivity contribution in [3.8, 4) is 5.75 Å². The van der Waals surface area contributed by atoms with Gasteiger partial charge in [0.25, 0.3) is 0 Å². The van der Waals surface area contributed by atoms with E-state index in [1.165, 1.54) is 6.26 Å². The highest BCUT2D eigenvalue weighted by atomic mass is 16.5. The van der Waals surface area contributed by atoms with E-state index in [2.05, 4.69) is 4.98 Å². The number of aryl methyl sites for hydroxylation is 1. The summed E-state index contributed by atoms with van der Waals surface area (Å²) in [4.78, 5) is 15.8. The van der Waals surface area contributed by atoms with Crippen LogP contribution in [0.5, 0.6) is 5.75 Å². The first kappa shape index (κ1) is 10.6. The summed E-state index contributed by atoms with van der Waals surface area (Å²) in [6.07, 6.45) is 1.42. The third-order valence-corrected chi connectivity index (χ3v) is 2.40. The van der Waals surface area contributed by atoms with Gasteiger partial charge in [-0.05, 0) is 24.3 Å². The number of furan rings is 1. The van der Waals surface area contributed by atoms with E-state index in [1.807, 2.05) is 0 Å². The summed E-state index contributed by atoms with van der Waals surface area (Å²) in [5.74, 6) is 0.586. The van der Waals surface area contributed by atoms with Crippen LogP contribution in [0.15, 0.2) is 45.4 Å². The van der Waals surface area contributed by atoms with Gasteiger partial charge in [0.05, 0.1) is 6.26 Å². The second-order valence-corrected chi connectivity index (χ2v) is 3.73. The van der Waals surface area contributed by atoms with E-state index in [0.717, 1.165) is 0 Å². The van der Waals surface area contributed by atoms with Crippen molar-refractivity contribution in [2.24, 2.45) is 0 Å². The van der Waals surface area contributed by atoms with Crippen molar-refractivity contribution in [1.82, 2.24) is 4.98 Å². The molecule has 2 aromatic heterocycles. The second kappa shape index (κ2) is 4.03. The number of ether oxygens (including phenoxy) is 1. The number of fused-ring (bicyclic) bond motifs is 1. The molecule has 0 radical (unpaired) electrons. The highest BCUT2D eigenvalue weighted by molar-refractivity contribution is 5.88. The number of benzene rings is 1. The van der Waals surface area contributed by atoms with Gasteiger partial charge in [0, 0.05) is 13.0 Å². The predicted octanol–water partition coefficient (Wildman–Crippen LogP) is 2.95. The van der Waals surface area contributed by atoms with Crippen molar-refractivity contribution in [2.45, 2.75) is 6.92 Å². The number of carbonyl (C=O) groups is 1. The molecule has 0 saturated heterocycles. The number of aromatic nitrogens is 1. The smallest absolute Gasteiger partial charge is 0.379 e. The number of hydrogen-bond donors (Lipinski definition) is 0. The first-order valence-electron chi connectivity index (χ1n) is 5.35. The lowest BCUT2D eigenvalue weighted by molar-refractivity contribution is 0.0701. The lowest BCUT2D eigenvalue weighted by Crippen LogP contribution is -2.06. The van der Waals surface area contributed by atoms with Crippen molar-refractivity contribution in [3.63, 3.8) is 0 Å². The number of nitrogens with zero attached hydrogens (tertiary/aromatic N) is 1. The summed E-state index contributed by atoms with van der Waals surface area (Å²) < 4.78 is 15.4. The summed E-state index contributed by atoms with van der Waals surface area (Å²) in [5, 5.41) is 0. The fourth-order valence-electron chi connectivity index (χ4n) is 1.64. The summed E-state index contributed by atoms with van der Waals surface area (Å²) in [7, 11) is 0. The standard InChI is InChI=1S/C13H9NO4/c1-8-14-10-7-9(4-5-11(10)17-8)18-13(15)12-3-2-6-16-12/h2-7H,1H3. The molecule has 0 atom stereocenters. The maximum absolute atomic E-state index is 11.7. The molecule has 2 heterocycles. The van der Waals surface area contributed by atoms with E-state index in [9.17, 15) is 4.79 Å². The van der Waals surface area contributed by atoms with Crippen LogP contribution in [-0.2, 0) is 0 Å². The molecule has 3 rings (SSSR count). The van der Waals surface area contributed by atoms with Crippen LogP contribution >= 0.6 is 0 Å². The average Bonchev–Trinajstić information content (AvgIpc) is 2.95. The van der Waals surface area contributed by atoms with Crippen LogP contribution in [0.25, 0.3) is 11.1 Å². The van der Waals surface area contributed by atoms with Gasteiger partial charge >= 0.3 is 5.97 Å². The highest BCUT2D eigenvalue weighted by Gasteiger charge is 2.12. The van der Waals surface area contributed by atoms with E-state index in [0.29, 0.717) is 22.7 Å². The van der Waals surface area contributed by atoms with Crippen molar-refractivity contribution in [2.75, 3.05) is 0 Å². The van der Waals surface area contributed by atoms with E-state index >= 15 is 0 Å². The van der Waals surface area contributed by atoms with Crippen LogP contribution in [0.2, 0.25) is 0 Å². The van der Waals surface area contributed by atoms with Crippen molar-refractivity contribution in [1.29, 1.82) is 0 Å². The van der Waals surface area contributed by atoms with Crippen molar-refractivity contribution in [3.05, 3.63) is 48.2 Å². The third-order valence-electron chi connectivity index (χ3n) is 2.40. The van der Waals surface area contributed by atoms with Crippen molar-refractivity contribution >= 4 is 17.1 Å². The molecule has 0 aliphatic carbocycles. The number of oxazole rings is 1. The molecule has 3 aromatic rings. The van der Waals surface area contributed by atoms with Crippen LogP contribution in [0.1, 0.15) is 16.4 Å². The first-order chi connectivity index (χ1) is 8.72. The molecule has 18 heavy (non-hydrogen) atoms. The van der Waals surface area contributed by atoms with Gasteiger partial charge < -0.3 is 13.6 Å². The van der Waals surface area contributed by atoms with Gasteiger partial charge in [0.2, 0.25) is 5.76 Å². The van der Waals surface area contributed by atoms with Gasteiger partial charge in [-0.2, -0.15) is 0 Å². The summed E-state index contributed by atoms with van der Waals surface area (Å²) in [6.45, 7) is 1.76. The Morgan fingerprint density at radius 1 is 1.33 bits per heavy atom. The molecule has 0 N–H and O–H groups in total. The van der Waals surface area contributed by atoms with Gasteiger partial charge in [0.1, 0.15) is 11.3 Å². The fourth-order valence-corrected chi connectivity index (χ4v) is 1.64. The minimum absolute atomic E-state index is 0.159. The molecule has 0 bridgehead atoms. The number of esters is 1. The lowest BCUT2D eigenvalue weighted by atomic mass is 10.3. The summed E-state index contributed by atoms with van der Waals surface area (Å²) in [5.41, 5.74) is 1.31. The van der Waals surface area contributed by atoms with Crippen molar-refractivity contribution < 1.29 is 18.4 Å². The zero-order valence-corrected chi connectivity index (χ0v) is 9.54. The van der Waals surface area contributed by atoms with E-state index in [-0.39, 0.29) is 5.76 Å². The van der Waals surface area contributed by atoms with Gasteiger partial charge in [-0.1, -0.05) is 0 Å². The van der Waals surface area contributed by atoms with Gasteiger partial charge in [-0.25, -0.2) is 9.78 Å². The second-order valence-electron chi connectivity index (χ2n) is 3.73. The quantitative estimate of drug-likeness (QED) is 0.511. The Morgan fingerprint density at radius 2 is 2.22 bits per heavy atom. The maximum Gasteiger partial charge on any atom is 0.379 e. The van der Waals surface area contributed by atoms with Crippen LogP contribution < -0.4 is 4.74 Å². The lowest BCUT2D eigenvalue weighted by Gasteiger charge is -2.01. The number of carbonyl (C=O) groups excluding carboxylic acids is 1. The molecule has 0 aliphatic heterocycles. The van der Waals surface area contributed by atoms with Crippen LogP contribution in [0, 0.1) is 6.92 Å². The predicted molar refractivity (Wildman–Crippen MR) is 62.4 cm³/mol. The van der Waals surface area contributed by atoms with E-state index in [4.69, 9.17) is 13.6 Å². The minimum atomic E-state index is -0.542. The molecule has 0 unspecified atom stereocenters. The molecule has 0 saturated carbocycles. The molecule has 90 valence electrons. The van der Waals surface area contributed by atoms with Gasteiger partial charge in [-0.15, -0.1) is 0 Å². The Balaban J connectivity index is 1.88. The zero-order chi connectivity index (χ0) is 12.5.